The first kappa shape index (κ1) is 7.60. The number of benzene rings is 1. The molecule has 0 saturated carbocycles. The summed E-state index contributed by atoms with van der Waals surface area (Å²) in [6.45, 7) is 0. The fraction of sp³-hybridized carbons (Fsp3) is 0.125. The second-order valence-corrected chi connectivity index (χ2v) is 2.28. The molecule has 0 spiro atoms. The number of carboxylic acid groups (broad SMARTS) is 2. The van der Waals surface area contributed by atoms with Gasteiger partial charge in [0.05, 0.1) is 0 Å². The van der Waals surface area contributed by atoms with E-state index >= 15 is 0 Å². The predicted octanol–water partition coefficient (Wildman–Crippen LogP) is 1.81. The van der Waals surface area contributed by atoms with Crippen molar-refractivity contribution in [3.8, 4) is 0 Å². The average Bonchev–Trinajstić information content (AvgIpc) is 1.86. The molecule has 2 bridgehead atoms. The highest BCUT2D eigenvalue weighted by atomic mass is 16.6. The minimum atomic E-state index is -1.83. The molecular weight excluding hydrogens is 144 g/mol. The fourth-order valence-electron chi connectivity index (χ4n) is 0.954. The molecule has 0 unspecified atom stereocenters. The molecule has 2 N–H and O–H groups in total. The van der Waals surface area contributed by atoms with Crippen molar-refractivity contribution in [3.63, 3.8) is 0 Å². The summed E-state index contributed by atoms with van der Waals surface area (Å²) in [6.07, 6.45) is -0.615. The van der Waals surface area contributed by atoms with Gasteiger partial charge >= 0.3 is 6.16 Å². The third kappa shape index (κ3) is 2.29. The van der Waals surface area contributed by atoms with Crippen LogP contribution in [0.3, 0.4) is 0 Å². The molecule has 0 atom stereocenters. The van der Waals surface area contributed by atoms with Gasteiger partial charge in [-0.3, -0.25) is 0 Å². The van der Waals surface area contributed by atoms with Crippen LogP contribution in [0.5, 0.6) is 0 Å². The van der Waals surface area contributed by atoms with E-state index in [2.05, 4.69) is 24.3 Å². The maximum Gasteiger partial charge on any atom is 0.503 e. The highest BCUT2D eigenvalue weighted by Gasteiger charge is 2.04. The molecule has 58 valence electrons. The second kappa shape index (κ2) is 3.05. The topological polar surface area (TPSA) is 57.5 Å². The maximum absolute atomic E-state index is 8.56. The van der Waals surface area contributed by atoms with Gasteiger partial charge in [-0.2, -0.15) is 0 Å². The van der Waals surface area contributed by atoms with Crippen molar-refractivity contribution in [2.75, 3.05) is 0 Å². The van der Waals surface area contributed by atoms with Gasteiger partial charge < -0.3 is 10.2 Å². The Bertz CT molecular complexity index is 239. The first-order chi connectivity index (χ1) is 5.18. The summed E-state index contributed by atoms with van der Waals surface area (Å²) in [5.74, 6) is 0. The van der Waals surface area contributed by atoms with E-state index in [1.807, 2.05) is 0 Å². The summed E-state index contributed by atoms with van der Waals surface area (Å²) in [6, 6.07) is 8.65. The van der Waals surface area contributed by atoms with Gasteiger partial charge in [-0.25, -0.2) is 4.79 Å². The van der Waals surface area contributed by atoms with Gasteiger partial charge in [0.2, 0.25) is 0 Å². The van der Waals surface area contributed by atoms with Crippen LogP contribution >= 0.6 is 0 Å². The Morgan fingerprint density at radius 2 is 1.64 bits per heavy atom. The monoisotopic (exact) mass is 152 g/mol. The van der Waals surface area contributed by atoms with Crippen LogP contribution in [0.15, 0.2) is 24.3 Å². The van der Waals surface area contributed by atoms with Crippen LogP contribution in [0.2, 0.25) is 0 Å². The Hall–Kier alpha value is -1.51. The van der Waals surface area contributed by atoms with Crippen molar-refractivity contribution >= 4 is 6.16 Å². The van der Waals surface area contributed by atoms with Gasteiger partial charge in [-0.1, -0.05) is 24.3 Å². The van der Waals surface area contributed by atoms with Crippen LogP contribution in [0.4, 0.5) is 4.79 Å². The van der Waals surface area contributed by atoms with Gasteiger partial charge in [0.1, 0.15) is 0 Å². The lowest BCUT2D eigenvalue weighted by Crippen LogP contribution is -1.97. The van der Waals surface area contributed by atoms with Crippen LogP contribution in [-0.4, -0.2) is 16.4 Å². The molecule has 1 aromatic rings. The molecule has 0 amide bonds. The first-order valence-electron chi connectivity index (χ1n) is 3.18. The van der Waals surface area contributed by atoms with Crippen LogP contribution in [0.25, 0.3) is 0 Å². The highest BCUT2D eigenvalue weighted by molar-refractivity contribution is 5.53. The van der Waals surface area contributed by atoms with Crippen molar-refractivity contribution in [1.29, 1.82) is 0 Å². The van der Waals surface area contributed by atoms with Crippen molar-refractivity contribution in [2.24, 2.45) is 0 Å². The van der Waals surface area contributed by atoms with Gasteiger partial charge in [0.25, 0.3) is 0 Å². The van der Waals surface area contributed by atoms with E-state index in [1.54, 1.807) is 0 Å². The largest absolute Gasteiger partial charge is 0.503 e. The molecule has 0 heterocycles. The van der Waals surface area contributed by atoms with Crippen molar-refractivity contribution in [3.05, 3.63) is 35.4 Å². The van der Waals surface area contributed by atoms with Gasteiger partial charge in [0, 0.05) is 0 Å². The molecule has 0 radical (unpaired) electrons. The minimum Gasteiger partial charge on any atom is -0.450 e. The Kier molecular flexibility index (Phi) is 2.11. The Morgan fingerprint density at radius 3 is 1.73 bits per heavy atom. The Morgan fingerprint density at radius 1 is 1.27 bits per heavy atom. The molecule has 0 aliphatic heterocycles. The lowest BCUT2D eigenvalue weighted by Gasteiger charge is -2.11. The third-order valence-electron chi connectivity index (χ3n) is 1.40. The molecule has 11 heavy (non-hydrogen) atoms. The Labute approximate surface area is 63.9 Å². The highest BCUT2D eigenvalue weighted by Crippen LogP contribution is 2.18. The second-order valence-electron chi connectivity index (χ2n) is 2.28. The number of rotatable bonds is 0. The third-order valence-corrected chi connectivity index (χ3v) is 1.40. The predicted molar refractivity (Wildman–Crippen MR) is 39.9 cm³/mol. The summed E-state index contributed by atoms with van der Waals surface area (Å²) >= 11 is 0. The van der Waals surface area contributed by atoms with E-state index in [0.717, 1.165) is 0 Å². The fourth-order valence-corrected chi connectivity index (χ4v) is 0.954. The molecular formula is C8H8O3. The average molecular weight is 152 g/mol. The quantitative estimate of drug-likeness (QED) is 0.605. The summed E-state index contributed by atoms with van der Waals surface area (Å²) in [7, 11) is 0. The zero-order valence-corrected chi connectivity index (χ0v) is 5.82. The van der Waals surface area contributed by atoms with E-state index in [-0.39, 0.29) is 0 Å². The van der Waals surface area contributed by atoms with E-state index in [4.69, 9.17) is 15.0 Å². The maximum atomic E-state index is 8.56. The molecule has 2 aliphatic rings. The summed E-state index contributed by atoms with van der Waals surface area (Å²) in [5.41, 5.74) is 2.97. The number of fused-ring (bicyclic) bond motifs is 2. The van der Waals surface area contributed by atoms with E-state index in [9.17, 15) is 0 Å². The lowest BCUT2D eigenvalue weighted by molar-refractivity contribution is 0.137. The van der Waals surface area contributed by atoms with Crippen molar-refractivity contribution < 1.29 is 15.0 Å². The normalized spacial score (nSPS) is 10.5. The molecule has 3 heteroatoms. The SMILES string of the molecule is O=C(O)O.c1cc2cc(c1)C2. The van der Waals surface area contributed by atoms with E-state index in [0.29, 0.717) is 0 Å². The summed E-state index contributed by atoms with van der Waals surface area (Å²) in [5, 5.41) is 13.9. The molecule has 3 rings (SSSR count). The van der Waals surface area contributed by atoms with Crippen LogP contribution in [0.1, 0.15) is 11.1 Å². The minimum absolute atomic E-state index is 1.22. The zero-order chi connectivity index (χ0) is 8.27. The lowest BCUT2D eigenvalue weighted by atomic mass is 9.94. The Balaban J connectivity index is 0.000000134. The molecule has 0 fully saturated rings. The first-order valence-corrected chi connectivity index (χ1v) is 3.18. The smallest absolute Gasteiger partial charge is 0.450 e. The number of hydrogen-bond acceptors (Lipinski definition) is 1. The van der Waals surface area contributed by atoms with Crippen molar-refractivity contribution in [2.45, 2.75) is 6.42 Å². The van der Waals surface area contributed by atoms with Crippen LogP contribution < -0.4 is 0 Å². The van der Waals surface area contributed by atoms with E-state index in [1.165, 1.54) is 17.5 Å². The molecule has 0 saturated heterocycles. The van der Waals surface area contributed by atoms with Gasteiger partial charge in [-0.15, -0.1) is 0 Å². The summed E-state index contributed by atoms with van der Waals surface area (Å²) in [4.78, 5) is 8.56. The molecule has 3 nitrogen and oxygen atoms in total. The number of carbonyl (C=O) groups is 1. The standard InChI is InChI=1S/C7H6.CH2O3/c1-2-6-4-7(3-1)5-6;2-1(3)4/h1-4H,5H2;(H2,2,3,4). The summed E-state index contributed by atoms with van der Waals surface area (Å²) < 4.78 is 0. The van der Waals surface area contributed by atoms with Crippen molar-refractivity contribution in [1.82, 2.24) is 0 Å². The molecule has 0 aromatic heterocycles. The van der Waals surface area contributed by atoms with Crippen LogP contribution in [0, 0.1) is 0 Å². The van der Waals surface area contributed by atoms with E-state index < -0.39 is 6.16 Å². The zero-order valence-electron chi connectivity index (χ0n) is 5.82. The molecule has 1 aromatic carbocycles. The molecule has 2 aliphatic carbocycles. The van der Waals surface area contributed by atoms with Gasteiger partial charge in [-0.05, 0) is 17.5 Å². The number of hydrogen-bond donors (Lipinski definition) is 2. The van der Waals surface area contributed by atoms with Crippen LogP contribution in [-0.2, 0) is 6.42 Å². The van der Waals surface area contributed by atoms with Gasteiger partial charge in [0.15, 0.2) is 0 Å².